The maximum Gasteiger partial charge on any atom is 0.413 e. The molecule has 0 radical (unpaired) electrons. The Morgan fingerprint density at radius 2 is 1.97 bits per heavy atom. The summed E-state index contributed by atoms with van der Waals surface area (Å²) in [7, 11) is -1.89. The zero-order valence-corrected chi connectivity index (χ0v) is 19.5. The Hall–Kier alpha value is -3.18. The smallest absolute Gasteiger partial charge is 0.413 e. The number of rotatable bonds is 7. The number of nitrogens with one attached hydrogen (secondary N) is 1. The number of sulfonamides is 1. The number of hydrogen-bond acceptors (Lipinski definition) is 6. The zero-order valence-electron chi connectivity index (χ0n) is 17.9. The summed E-state index contributed by atoms with van der Waals surface area (Å²) in [5, 5.41) is 18.6. The number of aromatic nitrogens is 4. The number of halogens is 1. The van der Waals surface area contributed by atoms with E-state index in [1.165, 1.54) is 11.6 Å². The molecule has 3 rings (SSSR count). The van der Waals surface area contributed by atoms with Crippen molar-refractivity contribution in [2.45, 2.75) is 26.8 Å². The van der Waals surface area contributed by atoms with E-state index in [0.717, 1.165) is 4.90 Å². The van der Waals surface area contributed by atoms with Crippen molar-refractivity contribution in [2.75, 3.05) is 15.4 Å². The van der Waals surface area contributed by atoms with Crippen LogP contribution in [0.1, 0.15) is 31.1 Å². The molecule has 0 unspecified atom stereocenters. The maximum absolute atomic E-state index is 12.3. The van der Waals surface area contributed by atoms with E-state index in [1.54, 1.807) is 57.3 Å². The molecule has 12 heteroatoms. The van der Waals surface area contributed by atoms with E-state index < -0.39 is 22.2 Å². The fraction of sp³-hybridized carbons (Fsp3) is 0.300. The third-order valence-corrected chi connectivity index (χ3v) is 6.58. The average Bonchev–Trinajstić information content (AvgIpc) is 3.10. The van der Waals surface area contributed by atoms with Crippen LogP contribution in [-0.2, 0) is 17.1 Å². The fourth-order valence-corrected chi connectivity index (χ4v) is 4.21. The fourth-order valence-electron chi connectivity index (χ4n) is 3.22. The monoisotopic (exact) mass is 478 g/mol. The summed E-state index contributed by atoms with van der Waals surface area (Å²) in [6, 6.07) is 9.47. The first-order chi connectivity index (χ1) is 15.1. The summed E-state index contributed by atoms with van der Waals surface area (Å²) >= 11 is 6.30. The predicted molar refractivity (Wildman–Crippen MR) is 122 cm³/mol. The zero-order chi connectivity index (χ0) is 23.6. The molecule has 10 nitrogen and oxygen atoms in total. The number of aryl methyl sites for hydroxylation is 2. The van der Waals surface area contributed by atoms with Crippen molar-refractivity contribution in [3.63, 3.8) is 0 Å². The van der Waals surface area contributed by atoms with Gasteiger partial charge in [-0.05, 0) is 44.5 Å². The molecule has 0 spiro atoms. The summed E-state index contributed by atoms with van der Waals surface area (Å²) in [5.74, 6) is 0.134. The van der Waals surface area contributed by atoms with E-state index in [2.05, 4.69) is 20.0 Å². The summed E-state index contributed by atoms with van der Waals surface area (Å²) in [4.78, 5) is 17.9. The minimum Gasteiger partial charge on any atom is -0.465 e. The molecule has 1 atom stereocenters. The normalized spacial score (nSPS) is 12.4. The number of anilines is 2. The highest BCUT2D eigenvalue weighted by molar-refractivity contribution is 7.92. The molecule has 0 saturated heterocycles. The lowest BCUT2D eigenvalue weighted by atomic mass is 10.1. The van der Waals surface area contributed by atoms with E-state index in [9.17, 15) is 18.3 Å². The number of pyridine rings is 1. The Kier molecular flexibility index (Phi) is 6.70. The van der Waals surface area contributed by atoms with Crippen molar-refractivity contribution in [3.05, 3.63) is 52.7 Å². The van der Waals surface area contributed by atoms with Gasteiger partial charge in [0.25, 0.3) is 0 Å². The molecule has 0 fully saturated rings. The molecule has 2 heterocycles. The van der Waals surface area contributed by atoms with Crippen molar-refractivity contribution in [2.24, 2.45) is 7.05 Å². The number of carbonyl (C=O) groups is 1. The molecular formula is C20H23ClN6O4S. The van der Waals surface area contributed by atoms with Crippen LogP contribution in [0.2, 0.25) is 5.02 Å². The van der Waals surface area contributed by atoms with E-state index in [0.29, 0.717) is 27.7 Å². The lowest BCUT2D eigenvalue weighted by Crippen LogP contribution is -2.34. The molecule has 0 bridgehead atoms. The minimum absolute atomic E-state index is 0.0734. The topological polar surface area (TPSA) is 130 Å². The van der Waals surface area contributed by atoms with Gasteiger partial charge >= 0.3 is 6.09 Å². The largest absolute Gasteiger partial charge is 0.465 e. The van der Waals surface area contributed by atoms with Gasteiger partial charge in [0.15, 0.2) is 11.5 Å². The molecule has 32 heavy (non-hydrogen) atoms. The molecule has 170 valence electrons. The van der Waals surface area contributed by atoms with Crippen molar-refractivity contribution in [1.82, 2.24) is 20.0 Å². The van der Waals surface area contributed by atoms with Crippen LogP contribution in [-0.4, -0.2) is 45.3 Å². The molecule has 0 aliphatic heterocycles. The number of nitrogens with zero attached hydrogens (tertiary/aromatic N) is 5. The Morgan fingerprint density at radius 1 is 1.28 bits per heavy atom. The molecule has 2 aromatic heterocycles. The molecule has 0 aliphatic carbocycles. The number of benzene rings is 1. The van der Waals surface area contributed by atoms with Gasteiger partial charge in [0, 0.05) is 12.1 Å². The van der Waals surface area contributed by atoms with Crippen molar-refractivity contribution < 1.29 is 18.3 Å². The molecule has 1 aromatic carbocycles. The van der Waals surface area contributed by atoms with Gasteiger partial charge in [-0.2, -0.15) is 0 Å². The highest BCUT2D eigenvalue weighted by Crippen LogP contribution is 2.36. The SMILES string of the molecule is CCS(=O)(=O)Nc1ccc(-c2nnn(C)c2N(C(=O)O)[C@H](C)c2ccccc2Cl)nc1C. The highest BCUT2D eigenvalue weighted by Gasteiger charge is 2.31. The van der Waals surface area contributed by atoms with Crippen molar-refractivity contribution in [1.29, 1.82) is 0 Å². The van der Waals surface area contributed by atoms with Crippen molar-refractivity contribution in [3.8, 4) is 11.4 Å². The van der Waals surface area contributed by atoms with Gasteiger partial charge in [-0.1, -0.05) is 35.0 Å². The highest BCUT2D eigenvalue weighted by atomic mass is 35.5. The Morgan fingerprint density at radius 3 is 2.56 bits per heavy atom. The first kappa shape index (κ1) is 23.5. The van der Waals surface area contributed by atoms with E-state index in [4.69, 9.17) is 11.6 Å². The molecule has 1 amide bonds. The van der Waals surface area contributed by atoms with Crippen LogP contribution in [0.4, 0.5) is 16.3 Å². The van der Waals surface area contributed by atoms with Gasteiger partial charge < -0.3 is 5.11 Å². The second kappa shape index (κ2) is 9.13. The Labute approximate surface area is 190 Å². The minimum atomic E-state index is -3.47. The Balaban J connectivity index is 2.08. The summed E-state index contributed by atoms with van der Waals surface area (Å²) in [6.07, 6.45) is -1.21. The van der Waals surface area contributed by atoms with E-state index in [1.807, 2.05) is 0 Å². The van der Waals surface area contributed by atoms with Crippen LogP contribution in [0.25, 0.3) is 11.4 Å². The van der Waals surface area contributed by atoms with Crippen LogP contribution < -0.4 is 9.62 Å². The second-order valence-electron chi connectivity index (χ2n) is 7.07. The number of amides is 1. The molecular weight excluding hydrogens is 456 g/mol. The summed E-state index contributed by atoms with van der Waals surface area (Å²) in [5.41, 5.74) is 1.96. The lowest BCUT2D eigenvalue weighted by Gasteiger charge is -2.27. The van der Waals surface area contributed by atoms with Gasteiger partial charge in [-0.3, -0.25) is 9.62 Å². The molecule has 0 saturated carbocycles. The van der Waals surface area contributed by atoms with Crippen LogP contribution in [0, 0.1) is 6.92 Å². The molecule has 2 N–H and O–H groups in total. The first-order valence-electron chi connectivity index (χ1n) is 9.70. The third-order valence-electron chi connectivity index (χ3n) is 4.95. The van der Waals surface area contributed by atoms with Gasteiger partial charge in [0.1, 0.15) is 0 Å². The van der Waals surface area contributed by atoms with Crippen LogP contribution in [0.5, 0.6) is 0 Å². The summed E-state index contributed by atoms with van der Waals surface area (Å²) < 4.78 is 27.6. The predicted octanol–water partition coefficient (Wildman–Crippen LogP) is 3.85. The number of carboxylic acid groups (broad SMARTS) is 1. The third kappa shape index (κ3) is 4.68. The number of hydrogen-bond donors (Lipinski definition) is 2. The van der Waals surface area contributed by atoms with E-state index >= 15 is 0 Å². The maximum atomic E-state index is 12.3. The lowest BCUT2D eigenvalue weighted by molar-refractivity contribution is 0.199. The van der Waals surface area contributed by atoms with Crippen LogP contribution >= 0.6 is 11.6 Å². The quantitative estimate of drug-likeness (QED) is 0.527. The van der Waals surface area contributed by atoms with Gasteiger partial charge in [-0.15, -0.1) is 5.10 Å². The standard InChI is InChI=1S/C20H23ClN6O4S/c1-5-32(30,31)24-16-10-11-17(22-12(16)2)18-19(26(4)25-23-18)27(20(28)29)13(3)14-8-6-7-9-15(14)21/h6-11,13,24H,5H2,1-4H3,(H,28,29)/t13-/m1/s1. The van der Waals surface area contributed by atoms with E-state index in [-0.39, 0.29) is 17.3 Å². The van der Waals surface area contributed by atoms with Crippen LogP contribution in [0.3, 0.4) is 0 Å². The van der Waals surface area contributed by atoms with Crippen molar-refractivity contribution >= 4 is 39.2 Å². The molecule has 3 aromatic rings. The van der Waals surface area contributed by atoms with Gasteiger partial charge in [0.2, 0.25) is 10.0 Å². The summed E-state index contributed by atoms with van der Waals surface area (Å²) in [6.45, 7) is 4.90. The Bertz CT molecular complexity index is 1260. The van der Waals surface area contributed by atoms with Crippen LogP contribution in [0.15, 0.2) is 36.4 Å². The van der Waals surface area contributed by atoms with Gasteiger partial charge in [-0.25, -0.2) is 22.9 Å². The molecule has 0 aliphatic rings. The van der Waals surface area contributed by atoms with Gasteiger partial charge in [0.05, 0.1) is 28.9 Å². The average molecular weight is 479 g/mol. The second-order valence-corrected chi connectivity index (χ2v) is 9.49. The first-order valence-corrected chi connectivity index (χ1v) is 11.7.